The third-order valence-electron chi connectivity index (χ3n) is 4.26. The molecule has 26 heavy (non-hydrogen) atoms. The van der Waals surface area contributed by atoms with Crippen LogP contribution >= 0.6 is 11.3 Å². The number of nitrogens with zero attached hydrogens (tertiary/aromatic N) is 1. The fourth-order valence-corrected chi connectivity index (χ4v) is 3.54. The lowest BCUT2D eigenvalue weighted by Gasteiger charge is -2.17. The lowest BCUT2D eigenvalue weighted by atomic mass is 10.1. The number of ether oxygens (including phenoxy) is 1. The van der Waals surface area contributed by atoms with Gasteiger partial charge in [0.2, 0.25) is 11.8 Å². The largest absolute Gasteiger partial charge is 0.465 e. The molecule has 0 saturated carbocycles. The molecule has 1 aromatic carbocycles. The van der Waals surface area contributed by atoms with E-state index in [9.17, 15) is 18.8 Å². The van der Waals surface area contributed by atoms with Gasteiger partial charge in [-0.15, -0.1) is 11.3 Å². The maximum absolute atomic E-state index is 13.8. The van der Waals surface area contributed by atoms with E-state index in [1.807, 2.05) is 0 Å². The summed E-state index contributed by atoms with van der Waals surface area (Å²) in [6.45, 7) is 1.80. The van der Waals surface area contributed by atoms with E-state index < -0.39 is 17.7 Å². The molecule has 0 bridgehead atoms. The summed E-state index contributed by atoms with van der Waals surface area (Å²) < 4.78 is 18.4. The molecule has 1 N–H and O–H groups in total. The zero-order chi connectivity index (χ0) is 18.8. The van der Waals surface area contributed by atoms with E-state index in [1.165, 1.54) is 18.1 Å². The van der Waals surface area contributed by atoms with E-state index in [1.54, 1.807) is 30.5 Å². The number of carbonyl (C=O) groups excluding carboxylic acids is 3. The van der Waals surface area contributed by atoms with Gasteiger partial charge in [-0.25, -0.2) is 9.18 Å². The van der Waals surface area contributed by atoms with Crippen LogP contribution in [-0.2, 0) is 14.3 Å². The Labute approximate surface area is 153 Å². The third kappa shape index (κ3) is 3.45. The van der Waals surface area contributed by atoms with E-state index in [0.717, 1.165) is 11.3 Å². The number of methoxy groups -OCH3 is 1. The van der Waals surface area contributed by atoms with Gasteiger partial charge in [0.15, 0.2) is 0 Å². The molecular weight excluding hydrogens is 359 g/mol. The average molecular weight is 376 g/mol. The normalized spacial score (nSPS) is 16.7. The van der Waals surface area contributed by atoms with Crippen LogP contribution in [0.2, 0.25) is 0 Å². The number of hydrogen-bond donors (Lipinski definition) is 1. The SMILES string of the molecule is COC(=O)c1sccc1NC(=O)C1CC(=O)N(c2ccc(C)c(F)c2)C1. The second kappa shape index (κ2) is 7.25. The van der Waals surface area contributed by atoms with E-state index in [-0.39, 0.29) is 24.8 Å². The summed E-state index contributed by atoms with van der Waals surface area (Å²) in [4.78, 5) is 38.2. The number of anilines is 2. The number of aryl methyl sites for hydroxylation is 1. The van der Waals surface area contributed by atoms with Crippen LogP contribution in [0.1, 0.15) is 21.7 Å². The Morgan fingerprint density at radius 1 is 1.35 bits per heavy atom. The Kier molecular flexibility index (Phi) is 5.03. The van der Waals surface area contributed by atoms with Crippen LogP contribution in [0.4, 0.5) is 15.8 Å². The summed E-state index contributed by atoms with van der Waals surface area (Å²) in [5.74, 6) is -2.13. The molecule has 1 fully saturated rings. The van der Waals surface area contributed by atoms with Gasteiger partial charge in [0.05, 0.1) is 18.7 Å². The first-order valence-corrected chi connectivity index (χ1v) is 8.82. The van der Waals surface area contributed by atoms with Crippen LogP contribution in [0.3, 0.4) is 0 Å². The van der Waals surface area contributed by atoms with E-state index in [0.29, 0.717) is 21.8 Å². The summed E-state index contributed by atoms with van der Waals surface area (Å²) in [6.07, 6.45) is 0.0268. The molecular formula is C18H17FN2O4S. The minimum absolute atomic E-state index is 0.0268. The molecule has 0 aliphatic carbocycles. The molecule has 0 spiro atoms. The Hall–Kier alpha value is -2.74. The molecule has 1 unspecified atom stereocenters. The zero-order valence-electron chi connectivity index (χ0n) is 14.2. The van der Waals surface area contributed by atoms with Gasteiger partial charge >= 0.3 is 5.97 Å². The van der Waals surface area contributed by atoms with Gasteiger partial charge < -0.3 is 15.0 Å². The van der Waals surface area contributed by atoms with E-state index >= 15 is 0 Å². The van der Waals surface area contributed by atoms with Crippen LogP contribution < -0.4 is 10.2 Å². The molecule has 2 amide bonds. The van der Waals surface area contributed by atoms with Gasteiger partial charge in [-0.3, -0.25) is 9.59 Å². The number of halogens is 1. The molecule has 3 rings (SSSR count). The van der Waals surface area contributed by atoms with Crippen LogP contribution in [0.15, 0.2) is 29.6 Å². The number of rotatable bonds is 4. The van der Waals surface area contributed by atoms with Gasteiger partial charge in [0.1, 0.15) is 10.7 Å². The smallest absolute Gasteiger partial charge is 0.350 e. The van der Waals surface area contributed by atoms with Crippen molar-refractivity contribution < 1.29 is 23.5 Å². The standard InChI is InChI=1S/C18H17FN2O4S/c1-10-3-4-12(8-13(10)19)21-9-11(7-15(21)22)17(23)20-14-5-6-26-16(14)18(24)25-2/h3-6,8,11H,7,9H2,1-2H3,(H,20,23). The highest BCUT2D eigenvalue weighted by Gasteiger charge is 2.35. The molecule has 1 atom stereocenters. The lowest BCUT2D eigenvalue weighted by molar-refractivity contribution is -0.122. The molecule has 136 valence electrons. The van der Waals surface area contributed by atoms with Gasteiger partial charge in [-0.2, -0.15) is 0 Å². The topological polar surface area (TPSA) is 75.7 Å². The maximum Gasteiger partial charge on any atom is 0.350 e. The van der Waals surface area contributed by atoms with Crippen molar-refractivity contribution in [1.29, 1.82) is 0 Å². The van der Waals surface area contributed by atoms with E-state index in [2.05, 4.69) is 10.1 Å². The highest BCUT2D eigenvalue weighted by atomic mass is 32.1. The minimum Gasteiger partial charge on any atom is -0.465 e. The summed E-state index contributed by atoms with van der Waals surface area (Å²) in [5.41, 5.74) is 1.28. The van der Waals surface area contributed by atoms with Crippen molar-refractivity contribution in [3.63, 3.8) is 0 Å². The summed E-state index contributed by atoms with van der Waals surface area (Å²) in [7, 11) is 1.27. The Balaban J connectivity index is 1.72. The molecule has 1 aromatic heterocycles. The molecule has 6 nitrogen and oxygen atoms in total. The first-order valence-electron chi connectivity index (χ1n) is 7.94. The number of nitrogens with one attached hydrogen (secondary N) is 1. The van der Waals surface area contributed by atoms with Crippen molar-refractivity contribution in [2.24, 2.45) is 5.92 Å². The van der Waals surface area contributed by atoms with Crippen molar-refractivity contribution in [1.82, 2.24) is 0 Å². The Morgan fingerprint density at radius 3 is 2.81 bits per heavy atom. The molecule has 0 radical (unpaired) electrons. The van der Waals surface area contributed by atoms with Crippen LogP contribution in [0.25, 0.3) is 0 Å². The summed E-state index contributed by atoms with van der Waals surface area (Å²) >= 11 is 1.16. The second-order valence-electron chi connectivity index (χ2n) is 5.98. The number of esters is 1. The van der Waals surface area contributed by atoms with Gasteiger partial charge in [0.25, 0.3) is 0 Å². The molecule has 2 heterocycles. The first-order chi connectivity index (χ1) is 12.4. The third-order valence-corrected chi connectivity index (χ3v) is 5.15. The summed E-state index contributed by atoms with van der Waals surface area (Å²) in [6, 6.07) is 6.16. The second-order valence-corrected chi connectivity index (χ2v) is 6.90. The quantitative estimate of drug-likeness (QED) is 0.833. The van der Waals surface area contributed by atoms with Gasteiger partial charge in [-0.05, 0) is 36.1 Å². The van der Waals surface area contributed by atoms with Crippen LogP contribution in [0.5, 0.6) is 0 Å². The first kappa shape index (κ1) is 18.1. The monoisotopic (exact) mass is 376 g/mol. The fraction of sp³-hybridized carbons (Fsp3) is 0.278. The molecule has 1 saturated heterocycles. The lowest BCUT2D eigenvalue weighted by Crippen LogP contribution is -2.28. The predicted octanol–water partition coefficient (Wildman–Crippen LogP) is 2.97. The molecule has 1 aliphatic heterocycles. The van der Waals surface area contributed by atoms with Crippen molar-refractivity contribution in [2.75, 3.05) is 23.9 Å². The number of carbonyl (C=O) groups is 3. The average Bonchev–Trinajstić information content (AvgIpc) is 3.23. The maximum atomic E-state index is 13.8. The highest BCUT2D eigenvalue weighted by Crippen LogP contribution is 2.29. The van der Waals surface area contributed by atoms with Crippen LogP contribution in [0, 0.1) is 18.7 Å². The Morgan fingerprint density at radius 2 is 2.12 bits per heavy atom. The van der Waals surface area contributed by atoms with Crippen LogP contribution in [-0.4, -0.2) is 31.4 Å². The summed E-state index contributed by atoms with van der Waals surface area (Å²) in [5, 5.41) is 4.35. The molecule has 2 aromatic rings. The van der Waals surface area contributed by atoms with Gasteiger partial charge in [-0.1, -0.05) is 6.07 Å². The fourth-order valence-electron chi connectivity index (χ4n) is 2.78. The number of thiophene rings is 1. The number of amides is 2. The Bertz CT molecular complexity index is 880. The molecule has 8 heteroatoms. The molecule has 1 aliphatic rings. The van der Waals surface area contributed by atoms with Gasteiger partial charge in [0, 0.05) is 18.7 Å². The minimum atomic E-state index is -0.586. The highest BCUT2D eigenvalue weighted by molar-refractivity contribution is 7.12. The predicted molar refractivity (Wildman–Crippen MR) is 95.9 cm³/mol. The number of benzene rings is 1. The zero-order valence-corrected chi connectivity index (χ0v) is 15.1. The van der Waals surface area contributed by atoms with Crippen molar-refractivity contribution in [2.45, 2.75) is 13.3 Å². The van der Waals surface area contributed by atoms with Crippen molar-refractivity contribution >= 4 is 40.5 Å². The number of hydrogen-bond acceptors (Lipinski definition) is 5. The van der Waals surface area contributed by atoms with E-state index in [4.69, 9.17) is 0 Å². The van der Waals surface area contributed by atoms with Crippen molar-refractivity contribution in [3.8, 4) is 0 Å². The van der Waals surface area contributed by atoms with Crippen molar-refractivity contribution in [3.05, 3.63) is 45.9 Å².